The third-order valence-corrected chi connectivity index (χ3v) is 4.75. The summed E-state index contributed by atoms with van der Waals surface area (Å²) in [6, 6.07) is 7.80. The molecule has 0 spiro atoms. The van der Waals surface area contributed by atoms with Crippen molar-refractivity contribution in [1.29, 1.82) is 0 Å². The molecule has 0 aliphatic carbocycles. The van der Waals surface area contributed by atoms with E-state index >= 15 is 0 Å². The zero-order valence-corrected chi connectivity index (χ0v) is 15.3. The first-order valence-electron chi connectivity index (χ1n) is 8.15. The van der Waals surface area contributed by atoms with E-state index < -0.39 is 0 Å². The van der Waals surface area contributed by atoms with Gasteiger partial charge in [0, 0.05) is 12.2 Å². The first kappa shape index (κ1) is 18.3. The third-order valence-electron chi connectivity index (χ3n) is 3.66. The summed E-state index contributed by atoms with van der Waals surface area (Å²) in [6.07, 6.45) is 0.829. The fourth-order valence-corrected chi connectivity index (χ4v) is 3.26. The van der Waals surface area contributed by atoms with E-state index in [-0.39, 0.29) is 16.8 Å². The third kappa shape index (κ3) is 4.29. The summed E-state index contributed by atoms with van der Waals surface area (Å²) < 4.78 is 1.57. The van der Waals surface area contributed by atoms with E-state index in [0.29, 0.717) is 17.6 Å². The highest BCUT2D eigenvalue weighted by atomic mass is 32.2. The Bertz CT molecular complexity index is 751. The van der Waals surface area contributed by atoms with Gasteiger partial charge in [0.2, 0.25) is 5.91 Å². The molecule has 0 saturated heterocycles. The van der Waals surface area contributed by atoms with E-state index in [1.165, 1.54) is 11.8 Å². The minimum absolute atomic E-state index is 0.105. The van der Waals surface area contributed by atoms with Crippen molar-refractivity contribution in [2.75, 3.05) is 5.32 Å². The van der Waals surface area contributed by atoms with E-state index in [1.54, 1.807) is 4.57 Å². The number of H-pyrrole nitrogens is 1. The Kier molecular flexibility index (Phi) is 6.25. The number of para-hydroxylation sites is 1. The second-order valence-corrected chi connectivity index (χ2v) is 7.26. The van der Waals surface area contributed by atoms with Gasteiger partial charge in [-0.15, -0.1) is 5.10 Å². The molecule has 7 heteroatoms. The second kappa shape index (κ2) is 8.19. The summed E-state index contributed by atoms with van der Waals surface area (Å²) in [5, 5.41) is 9.63. The van der Waals surface area contributed by atoms with Crippen molar-refractivity contribution >= 4 is 23.4 Å². The average molecular weight is 348 g/mol. The Morgan fingerprint density at radius 1 is 1.33 bits per heavy atom. The Hall–Kier alpha value is -2.02. The van der Waals surface area contributed by atoms with Crippen LogP contribution in [0.3, 0.4) is 0 Å². The first-order chi connectivity index (χ1) is 11.4. The van der Waals surface area contributed by atoms with Crippen LogP contribution in [0, 0.1) is 0 Å². The number of carbonyl (C=O) groups is 1. The number of amides is 1. The molecule has 1 aromatic heterocycles. The fourth-order valence-electron chi connectivity index (χ4n) is 2.37. The number of aromatic nitrogens is 3. The first-order valence-corrected chi connectivity index (χ1v) is 9.03. The molecule has 1 heterocycles. The van der Waals surface area contributed by atoms with Crippen LogP contribution in [0.5, 0.6) is 0 Å². The summed E-state index contributed by atoms with van der Waals surface area (Å²) in [6.45, 7) is 8.58. The lowest BCUT2D eigenvalue weighted by atomic mass is 10.0. The van der Waals surface area contributed by atoms with Crippen molar-refractivity contribution in [3.8, 4) is 0 Å². The molecule has 24 heavy (non-hydrogen) atoms. The topological polar surface area (TPSA) is 79.8 Å². The van der Waals surface area contributed by atoms with E-state index in [9.17, 15) is 9.59 Å². The normalized spacial score (nSPS) is 12.4. The molecule has 2 rings (SSSR count). The number of thioether (sulfide) groups is 1. The summed E-state index contributed by atoms with van der Waals surface area (Å²) >= 11 is 1.28. The van der Waals surface area contributed by atoms with Crippen molar-refractivity contribution in [3.05, 3.63) is 40.3 Å². The Balaban J connectivity index is 2.10. The molecule has 2 aromatic rings. The smallest absolute Gasteiger partial charge is 0.325 e. The van der Waals surface area contributed by atoms with Gasteiger partial charge in [-0.25, -0.2) is 9.89 Å². The van der Waals surface area contributed by atoms with Gasteiger partial charge < -0.3 is 5.32 Å². The summed E-state index contributed by atoms with van der Waals surface area (Å²) in [5.41, 5.74) is 1.70. The van der Waals surface area contributed by atoms with Crippen LogP contribution in [0.4, 0.5) is 5.69 Å². The van der Waals surface area contributed by atoms with E-state index in [4.69, 9.17) is 0 Å². The SMILES string of the molecule is CCCn1c(SC(C)C(=O)Nc2ccccc2C(C)C)n[nH]c1=O. The molecule has 0 saturated carbocycles. The van der Waals surface area contributed by atoms with E-state index in [2.05, 4.69) is 29.4 Å². The van der Waals surface area contributed by atoms with Crippen molar-refractivity contribution in [2.24, 2.45) is 0 Å². The predicted molar refractivity (Wildman–Crippen MR) is 97.6 cm³/mol. The molecule has 0 fully saturated rings. The van der Waals surface area contributed by atoms with Gasteiger partial charge in [-0.05, 0) is 30.9 Å². The van der Waals surface area contributed by atoms with Crippen LogP contribution in [0.15, 0.2) is 34.2 Å². The molecule has 2 N–H and O–H groups in total. The molecular formula is C17H24N4O2S. The van der Waals surface area contributed by atoms with Gasteiger partial charge in [-0.1, -0.05) is 50.7 Å². The van der Waals surface area contributed by atoms with E-state index in [0.717, 1.165) is 17.7 Å². The maximum absolute atomic E-state index is 12.5. The molecule has 0 bridgehead atoms. The molecule has 1 amide bonds. The van der Waals surface area contributed by atoms with Crippen molar-refractivity contribution < 1.29 is 4.79 Å². The minimum Gasteiger partial charge on any atom is -0.325 e. The molecule has 6 nitrogen and oxygen atoms in total. The molecule has 0 radical (unpaired) electrons. The van der Waals surface area contributed by atoms with Gasteiger partial charge in [-0.3, -0.25) is 9.36 Å². The highest BCUT2D eigenvalue weighted by molar-refractivity contribution is 8.00. The zero-order chi connectivity index (χ0) is 17.7. The van der Waals surface area contributed by atoms with Gasteiger partial charge in [-0.2, -0.15) is 0 Å². The quantitative estimate of drug-likeness (QED) is 0.753. The maximum atomic E-state index is 12.5. The van der Waals surface area contributed by atoms with Crippen LogP contribution in [-0.2, 0) is 11.3 Å². The van der Waals surface area contributed by atoms with Crippen LogP contribution in [0.1, 0.15) is 45.6 Å². The van der Waals surface area contributed by atoms with Gasteiger partial charge in [0.25, 0.3) is 0 Å². The average Bonchev–Trinajstić information content (AvgIpc) is 2.88. The van der Waals surface area contributed by atoms with Crippen LogP contribution in [0.25, 0.3) is 0 Å². The molecule has 1 atom stereocenters. The Labute approximate surface area is 146 Å². The summed E-state index contributed by atoms with van der Waals surface area (Å²) in [4.78, 5) is 24.2. The molecule has 1 unspecified atom stereocenters. The number of nitrogens with zero attached hydrogens (tertiary/aromatic N) is 2. The van der Waals surface area contributed by atoms with Crippen molar-refractivity contribution in [3.63, 3.8) is 0 Å². The number of hydrogen-bond acceptors (Lipinski definition) is 4. The van der Waals surface area contributed by atoms with Gasteiger partial charge in [0.15, 0.2) is 5.16 Å². The number of benzene rings is 1. The fraction of sp³-hybridized carbons (Fsp3) is 0.471. The van der Waals surface area contributed by atoms with Gasteiger partial charge >= 0.3 is 5.69 Å². The van der Waals surface area contributed by atoms with Gasteiger partial charge in [0.1, 0.15) is 0 Å². The van der Waals surface area contributed by atoms with Crippen molar-refractivity contribution in [2.45, 2.75) is 57.0 Å². The van der Waals surface area contributed by atoms with Crippen molar-refractivity contribution in [1.82, 2.24) is 14.8 Å². The van der Waals surface area contributed by atoms with Crippen LogP contribution >= 0.6 is 11.8 Å². The zero-order valence-electron chi connectivity index (χ0n) is 14.5. The maximum Gasteiger partial charge on any atom is 0.343 e. The highest BCUT2D eigenvalue weighted by Gasteiger charge is 2.20. The number of rotatable bonds is 7. The Morgan fingerprint density at radius 2 is 2.04 bits per heavy atom. The minimum atomic E-state index is -0.365. The van der Waals surface area contributed by atoms with E-state index in [1.807, 2.05) is 38.1 Å². The van der Waals surface area contributed by atoms with Crippen LogP contribution in [0.2, 0.25) is 0 Å². The number of anilines is 1. The van der Waals surface area contributed by atoms with Gasteiger partial charge in [0.05, 0.1) is 5.25 Å². The molecular weight excluding hydrogens is 324 g/mol. The monoisotopic (exact) mass is 348 g/mol. The largest absolute Gasteiger partial charge is 0.343 e. The molecule has 130 valence electrons. The summed E-state index contributed by atoms with van der Waals surface area (Å²) in [7, 11) is 0. The number of aromatic amines is 1. The predicted octanol–water partition coefficient (Wildman–Crippen LogP) is 3.22. The molecule has 1 aromatic carbocycles. The lowest BCUT2D eigenvalue weighted by molar-refractivity contribution is -0.115. The number of nitrogens with one attached hydrogen (secondary N) is 2. The lowest BCUT2D eigenvalue weighted by Crippen LogP contribution is -2.24. The highest BCUT2D eigenvalue weighted by Crippen LogP contribution is 2.26. The molecule has 0 aliphatic heterocycles. The summed E-state index contributed by atoms with van der Waals surface area (Å²) in [5.74, 6) is 0.220. The lowest BCUT2D eigenvalue weighted by Gasteiger charge is -2.16. The second-order valence-electron chi connectivity index (χ2n) is 5.95. The number of hydrogen-bond donors (Lipinski definition) is 2. The molecule has 0 aliphatic rings. The van der Waals surface area contributed by atoms with Crippen LogP contribution < -0.4 is 11.0 Å². The Morgan fingerprint density at radius 3 is 2.71 bits per heavy atom. The standard InChI is InChI=1S/C17H24N4O2S/c1-5-10-21-16(23)19-20-17(21)24-12(4)15(22)18-14-9-7-6-8-13(14)11(2)3/h6-9,11-12H,5,10H2,1-4H3,(H,18,22)(H,19,23). The number of carbonyl (C=O) groups excluding carboxylic acids is 1. The van der Waals surface area contributed by atoms with Crippen LogP contribution in [-0.4, -0.2) is 25.9 Å².